The minimum Gasteiger partial charge on any atom is -0.305 e. The van der Waals surface area contributed by atoms with Gasteiger partial charge in [-0.1, -0.05) is 29.8 Å². The number of benzene rings is 1. The molecule has 1 aromatic carbocycles. The van der Waals surface area contributed by atoms with Crippen molar-refractivity contribution in [2.45, 2.75) is 19.5 Å². The van der Waals surface area contributed by atoms with Gasteiger partial charge in [-0.2, -0.15) is 0 Å². The van der Waals surface area contributed by atoms with Crippen LogP contribution in [0.5, 0.6) is 0 Å². The van der Waals surface area contributed by atoms with Crippen LogP contribution in [0.15, 0.2) is 47.5 Å². The van der Waals surface area contributed by atoms with Crippen molar-refractivity contribution in [3.05, 3.63) is 63.7 Å². The minimum atomic E-state index is 0.162. The molecule has 0 unspecified atom stereocenters. The van der Waals surface area contributed by atoms with Gasteiger partial charge in [0.25, 0.3) is 0 Å². The van der Waals surface area contributed by atoms with Gasteiger partial charge in [0.1, 0.15) is 4.60 Å². The van der Waals surface area contributed by atoms with Gasteiger partial charge in [-0.15, -0.1) is 0 Å². The minimum absolute atomic E-state index is 0.162. The number of aromatic nitrogens is 3. The van der Waals surface area contributed by atoms with Crippen LogP contribution in [0, 0.1) is 0 Å². The summed E-state index contributed by atoms with van der Waals surface area (Å²) in [5, 5.41) is 4.25. The molecule has 4 nitrogen and oxygen atoms in total. The first-order valence-corrected chi connectivity index (χ1v) is 7.77. The molecule has 2 aromatic heterocycles. The fourth-order valence-corrected chi connectivity index (χ4v) is 2.85. The molecule has 108 valence electrons. The molecule has 6 heteroatoms. The highest BCUT2D eigenvalue weighted by atomic mass is 79.9. The van der Waals surface area contributed by atoms with E-state index in [1.807, 2.05) is 41.1 Å². The number of nitrogens with zero attached hydrogens (tertiary/aromatic N) is 3. The number of fused-ring (bicyclic) bond motifs is 1. The lowest BCUT2D eigenvalue weighted by Crippen LogP contribution is -2.19. The zero-order valence-corrected chi connectivity index (χ0v) is 13.8. The highest BCUT2D eigenvalue weighted by molar-refractivity contribution is 9.10. The normalized spacial score (nSPS) is 12.7. The third kappa shape index (κ3) is 3.10. The molecular weight excluding hydrogens is 352 g/mol. The molecule has 21 heavy (non-hydrogen) atoms. The Hall–Kier alpha value is -1.43. The lowest BCUT2D eigenvalue weighted by atomic mass is 10.1. The zero-order chi connectivity index (χ0) is 14.8. The average Bonchev–Trinajstić information content (AvgIpc) is 2.87. The summed E-state index contributed by atoms with van der Waals surface area (Å²) in [6.45, 7) is 2.80. The first-order valence-electron chi connectivity index (χ1n) is 6.60. The SMILES string of the molecule is C[C@H](NCc1cnc2cnc(Br)cn12)c1ccccc1Cl. The summed E-state index contributed by atoms with van der Waals surface area (Å²) >= 11 is 9.60. The number of halogens is 2. The van der Waals surface area contributed by atoms with Gasteiger partial charge in [0, 0.05) is 23.8 Å². The van der Waals surface area contributed by atoms with Crippen LogP contribution in [0.1, 0.15) is 24.2 Å². The molecule has 0 aliphatic heterocycles. The predicted octanol–water partition coefficient (Wildman–Crippen LogP) is 4.00. The quantitative estimate of drug-likeness (QED) is 0.760. The fourth-order valence-electron chi connectivity index (χ4n) is 2.24. The molecule has 0 fully saturated rings. The van der Waals surface area contributed by atoms with Crippen molar-refractivity contribution in [2.24, 2.45) is 0 Å². The van der Waals surface area contributed by atoms with E-state index in [0.717, 1.165) is 26.5 Å². The number of rotatable bonds is 4. The predicted molar refractivity (Wildman–Crippen MR) is 87.4 cm³/mol. The second-order valence-electron chi connectivity index (χ2n) is 4.81. The van der Waals surface area contributed by atoms with E-state index in [-0.39, 0.29) is 6.04 Å². The smallest absolute Gasteiger partial charge is 0.155 e. The summed E-state index contributed by atoms with van der Waals surface area (Å²) in [5.74, 6) is 0. The summed E-state index contributed by atoms with van der Waals surface area (Å²) in [4.78, 5) is 8.51. The van der Waals surface area contributed by atoms with Crippen LogP contribution in [-0.2, 0) is 6.54 Å². The van der Waals surface area contributed by atoms with Crippen molar-refractivity contribution in [3.63, 3.8) is 0 Å². The van der Waals surface area contributed by atoms with E-state index in [2.05, 4.69) is 38.1 Å². The van der Waals surface area contributed by atoms with Gasteiger partial charge in [-0.25, -0.2) is 9.97 Å². The lowest BCUT2D eigenvalue weighted by molar-refractivity contribution is 0.566. The molecule has 0 saturated carbocycles. The van der Waals surface area contributed by atoms with Crippen LogP contribution in [0.2, 0.25) is 5.02 Å². The lowest BCUT2D eigenvalue weighted by Gasteiger charge is -2.15. The summed E-state index contributed by atoms with van der Waals surface area (Å²) in [6, 6.07) is 8.04. The van der Waals surface area contributed by atoms with Crippen LogP contribution < -0.4 is 5.32 Å². The number of nitrogens with one attached hydrogen (secondary N) is 1. The molecule has 0 spiro atoms. The zero-order valence-electron chi connectivity index (χ0n) is 11.4. The average molecular weight is 366 g/mol. The van der Waals surface area contributed by atoms with Crippen LogP contribution in [-0.4, -0.2) is 14.4 Å². The maximum atomic E-state index is 6.22. The Kier molecular flexibility index (Phi) is 4.24. The largest absolute Gasteiger partial charge is 0.305 e. The molecule has 1 N–H and O–H groups in total. The molecule has 3 aromatic rings. The third-order valence-corrected chi connectivity index (χ3v) is 4.16. The van der Waals surface area contributed by atoms with Crippen molar-refractivity contribution in [3.8, 4) is 0 Å². The van der Waals surface area contributed by atoms with Crippen LogP contribution in [0.3, 0.4) is 0 Å². The Morgan fingerprint density at radius 2 is 2.10 bits per heavy atom. The van der Waals surface area contributed by atoms with Gasteiger partial charge in [0.05, 0.1) is 18.1 Å². The molecule has 1 atom stereocenters. The van der Waals surface area contributed by atoms with Gasteiger partial charge in [0.2, 0.25) is 0 Å². The van der Waals surface area contributed by atoms with E-state index in [0.29, 0.717) is 6.54 Å². The van der Waals surface area contributed by atoms with Crippen molar-refractivity contribution in [2.75, 3.05) is 0 Å². The molecule has 3 rings (SSSR count). The van der Waals surface area contributed by atoms with E-state index >= 15 is 0 Å². The van der Waals surface area contributed by atoms with E-state index in [1.165, 1.54) is 0 Å². The first kappa shape index (κ1) is 14.5. The summed E-state index contributed by atoms with van der Waals surface area (Å²) in [6.07, 6.45) is 5.51. The van der Waals surface area contributed by atoms with Crippen LogP contribution >= 0.6 is 27.5 Å². The molecule has 0 amide bonds. The number of hydrogen-bond donors (Lipinski definition) is 1. The molecule has 0 aliphatic rings. The van der Waals surface area contributed by atoms with Crippen molar-refractivity contribution < 1.29 is 0 Å². The Labute approximate surface area is 136 Å². The number of hydrogen-bond acceptors (Lipinski definition) is 3. The second-order valence-corrected chi connectivity index (χ2v) is 6.03. The van der Waals surface area contributed by atoms with Gasteiger partial charge >= 0.3 is 0 Å². The Balaban J connectivity index is 1.77. The van der Waals surface area contributed by atoms with Crippen LogP contribution in [0.25, 0.3) is 5.65 Å². The van der Waals surface area contributed by atoms with Gasteiger partial charge in [0.15, 0.2) is 5.65 Å². The Bertz CT molecular complexity index is 771. The second kappa shape index (κ2) is 6.13. The van der Waals surface area contributed by atoms with Gasteiger partial charge in [-0.3, -0.25) is 4.40 Å². The Morgan fingerprint density at radius 3 is 2.90 bits per heavy atom. The molecule has 0 bridgehead atoms. The summed E-state index contributed by atoms with van der Waals surface area (Å²) in [7, 11) is 0. The topological polar surface area (TPSA) is 42.2 Å². The van der Waals surface area contributed by atoms with Gasteiger partial charge < -0.3 is 5.32 Å². The monoisotopic (exact) mass is 364 g/mol. The molecular formula is C15H14BrClN4. The summed E-state index contributed by atoms with van der Waals surface area (Å²) in [5.41, 5.74) is 3.00. The van der Waals surface area contributed by atoms with E-state index in [1.54, 1.807) is 6.20 Å². The van der Waals surface area contributed by atoms with E-state index in [9.17, 15) is 0 Å². The van der Waals surface area contributed by atoms with E-state index < -0.39 is 0 Å². The molecule has 0 radical (unpaired) electrons. The van der Waals surface area contributed by atoms with Crippen molar-refractivity contribution in [1.29, 1.82) is 0 Å². The van der Waals surface area contributed by atoms with E-state index in [4.69, 9.17) is 11.6 Å². The molecule has 0 saturated heterocycles. The standard InChI is InChI=1S/C15H14BrClN4/c1-10(12-4-2-3-5-13(12)17)18-6-11-7-20-15-8-19-14(16)9-21(11)15/h2-5,7-10,18H,6H2,1H3/t10-/m0/s1. The van der Waals surface area contributed by atoms with Gasteiger partial charge in [-0.05, 0) is 34.5 Å². The maximum Gasteiger partial charge on any atom is 0.155 e. The third-order valence-electron chi connectivity index (χ3n) is 3.40. The molecule has 2 heterocycles. The van der Waals surface area contributed by atoms with Crippen LogP contribution in [0.4, 0.5) is 0 Å². The van der Waals surface area contributed by atoms with Crippen molar-refractivity contribution in [1.82, 2.24) is 19.7 Å². The molecule has 0 aliphatic carbocycles. The Morgan fingerprint density at radius 1 is 1.29 bits per heavy atom. The highest BCUT2D eigenvalue weighted by Crippen LogP contribution is 2.22. The fraction of sp³-hybridized carbons (Fsp3) is 0.200. The maximum absolute atomic E-state index is 6.22. The first-order chi connectivity index (χ1) is 10.1. The summed E-state index contributed by atoms with van der Waals surface area (Å²) < 4.78 is 2.80. The van der Waals surface area contributed by atoms with Crippen molar-refractivity contribution >= 4 is 33.2 Å². The number of imidazole rings is 1. The highest BCUT2D eigenvalue weighted by Gasteiger charge is 2.10.